The molecule has 18 heavy (non-hydrogen) atoms. The predicted octanol–water partition coefficient (Wildman–Crippen LogP) is 3.64. The molecule has 2 rings (SSSR count). The summed E-state index contributed by atoms with van der Waals surface area (Å²) in [5, 5.41) is 4.34. The minimum absolute atomic E-state index is 0.153. The second-order valence-corrected chi connectivity index (χ2v) is 5.84. The predicted molar refractivity (Wildman–Crippen MR) is 74.4 cm³/mol. The first-order valence-corrected chi connectivity index (χ1v) is 7.65. The highest BCUT2D eigenvalue weighted by molar-refractivity contribution is 5.87. The standard InChI is InChI=1S/C15H26N2O/c1-2-12-8-10-14(11-9-12)16-17-15(18)13-6-4-3-5-7-13/h12-13H,2-11H2,1H3,(H,17,18). The average molecular weight is 250 g/mol. The van der Waals surface area contributed by atoms with Crippen LogP contribution in [0.2, 0.25) is 0 Å². The van der Waals surface area contributed by atoms with E-state index in [1.165, 1.54) is 44.2 Å². The summed E-state index contributed by atoms with van der Waals surface area (Å²) in [6, 6.07) is 0. The van der Waals surface area contributed by atoms with Gasteiger partial charge in [0.15, 0.2) is 0 Å². The molecule has 0 saturated heterocycles. The molecule has 1 amide bonds. The highest BCUT2D eigenvalue weighted by Gasteiger charge is 2.21. The Morgan fingerprint density at radius 1 is 1.17 bits per heavy atom. The zero-order chi connectivity index (χ0) is 12.8. The highest BCUT2D eigenvalue weighted by atomic mass is 16.2. The van der Waals surface area contributed by atoms with Crippen molar-refractivity contribution in [2.45, 2.75) is 71.1 Å². The second kappa shape index (κ2) is 6.91. The summed E-state index contributed by atoms with van der Waals surface area (Å²) < 4.78 is 0. The van der Waals surface area contributed by atoms with Crippen LogP contribution in [0.4, 0.5) is 0 Å². The minimum atomic E-state index is 0.153. The van der Waals surface area contributed by atoms with E-state index in [0.717, 1.165) is 31.6 Å². The number of rotatable bonds is 3. The maximum atomic E-state index is 11.9. The first-order chi connectivity index (χ1) is 8.79. The Morgan fingerprint density at radius 2 is 1.83 bits per heavy atom. The van der Waals surface area contributed by atoms with Crippen molar-refractivity contribution in [2.24, 2.45) is 16.9 Å². The van der Waals surface area contributed by atoms with E-state index in [4.69, 9.17) is 0 Å². The number of nitrogens with one attached hydrogen (secondary N) is 1. The quantitative estimate of drug-likeness (QED) is 0.763. The number of nitrogens with zero attached hydrogens (tertiary/aromatic N) is 1. The molecule has 0 radical (unpaired) electrons. The van der Waals surface area contributed by atoms with Gasteiger partial charge in [0, 0.05) is 11.6 Å². The molecular formula is C15H26N2O. The zero-order valence-corrected chi connectivity index (χ0v) is 11.6. The van der Waals surface area contributed by atoms with Crippen molar-refractivity contribution >= 4 is 11.6 Å². The molecule has 0 unspecified atom stereocenters. The van der Waals surface area contributed by atoms with Crippen LogP contribution >= 0.6 is 0 Å². The molecule has 0 aromatic rings. The summed E-state index contributed by atoms with van der Waals surface area (Å²) in [6.45, 7) is 2.26. The number of carbonyl (C=O) groups is 1. The smallest absolute Gasteiger partial charge is 0.243 e. The van der Waals surface area contributed by atoms with Crippen LogP contribution in [0.15, 0.2) is 5.10 Å². The summed E-state index contributed by atoms with van der Waals surface area (Å²) >= 11 is 0. The Kier molecular flexibility index (Phi) is 5.21. The maximum Gasteiger partial charge on any atom is 0.243 e. The van der Waals surface area contributed by atoms with Gasteiger partial charge in [-0.1, -0.05) is 32.6 Å². The summed E-state index contributed by atoms with van der Waals surface area (Å²) in [6.07, 6.45) is 11.7. The summed E-state index contributed by atoms with van der Waals surface area (Å²) in [5.41, 5.74) is 4.00. The molecule has 2 aliphatic carbocycles. The van der Waals surface area contributed by atoms with Crippen LogP contribution in [0.1, 0.15) is 71.1 Å². The van der Waals surface area contributed by atoms with Gasteiger partial charge in [0.05, 0.1) is 0 Å². The molecule has 0 spiro atoms. The summed E-state index contributed by atoms with van der Waals surface area (Å²) in [5.74, 6) is 1.24. The number of carbonyl (C=O) groups excluding carboxylic acids is 1. The van der Waals surface area contributed by atoms with Gasteiger partial charge in [-0.25, -0.2) is 5.43 Å². The van der Waals surface area contributed by atoms with Crippen LogP contribution in [0.25, 0.3) is 0 Å². The molecule has 0 aromatic carbocycles. The van der Waals surface area contributed by atoms with Gasteiger partial charge in [-0.05, 0) is 44.4 Å². The summed E-state index contributed by atoms with van der Waals surface area (Å²) in [7, 11) is 0. The first-order valence-electron chi connectivity index (χ1n) is 7.65. The van der Waals surface area contributed by atoms with Crippen molar-refractivity contribution < 1.29 is 4.79 Å². The van der Waals surface area contributed by atoms with Gasteiger partial charge >= 0.3 is 0 Å². The maximum absolute atomic E-state index is 11.9. The lowest BCUT2D eigenvalue weighted by Gasteiger charge is -2.22. The lowest BCUT2D eigenvalue weighted by molar-refractivity contribution is -0.125. The molecule has 0 aliphatic heterocycles. The van der Waals surface area contributed by atoms with E-state index >= 15 is 0 Å². The zero-order valence-electron chi connectivity index (χ0n) is 11.6. The van der Waals surface area contributed by atoms with E-state index < -0.39 is 0 Å². The van der Waals surface area contributed by atoms with Gasteiger partial charge in [-0.3, -0.25) is 4.79 Å². The third-order valence-corrected chi connectivity index (χ3v) is 4.56. The highest BCUT2D eigenvalue weighted by Crippen LogP contribution is 2.25. The fourth-order valence-electron chi connectivity index (χ4n) is 3.12. The van der Waals surface area contributed by atoms with E-state index in [2.05, 4.69) is 17.5 Å². The Bertz CT molecular complexity index is 296. The van der Waals surface area contributed by atoms with Crippen molar-refractivity contribution in [3.05, 3.63) is 0 Å². The van der Waals surface area contributed by atoms with Gasteiger partial charge in [0.2, 0.25) is 5.91 Å². The molecule has 2 aliphatic rings. The van der Waals surface area contributed by atoms with Crippen LogP contribution in [0.5, 0.6) is 0 Å². The Balaban J connectivity index is 1.74. The molecule has 0 heterocycles. The van der Waals surface area contributed by atoms with E-state index in [9.17, 15) is 4.79 Å². The van der Waals surface area contributed by atoms with Gasteiger partial charge in [0.1, 0.15) is 0 Å². The van der Waals surface area contributed by atoms with E-state index in [-0.39, 0.29) is 11.8 Å². The van der Waals surface area contributed by atoms with Crippen LogP contribution in [0.3, 0.4) is 0 Å². The monoisotopic (exact) mass is 250 g/mol. The average Bonchev–Trinajstić information content (AvgIpc) is 2.46. The van der Waals surface area contributed by atoms with Gasteiger partial charge in [0.25, 0.3) is 0 Å². The van der Waals surface area contributed by atoms with E-state index in [1.807, 2.05) is 0 Å². The van der Waals surface area contributed by atoms with E-state index in [1.54, 1.807) is 0 Å². The third kappa shape index (κ3) is 3.82. The van der Waals surface area contributed by atoms with Crippen LogP contribution < -0.4 is 5.43 Å². The Labute approximate surface area is 110 Å². The minimum Gasteiger partial charge on any atom is -0.273 e. The van der Waals surface area contributed by atoms with Gasteiger partial charge in [-0.2, -0.15) is 5.10 Å². The van der Waals surface area contributed by atoms with Crippen LogP contribution in [-0.2, 0) is 4.79 Å². The van der Waals surface area contributed by atoms with Gasteiger partial charge in [-0.15, -0.1) is 0 Å². The van der Waals surface area contributed by atoms with Crippen molar-refractivity contribution in [2.75, 3.05) is 0 Å². The lowest BCUT2D eigenvalue weighted by atomic mass is 9.86. The lowest BCUT2D eigenvalue weighted by Crippen LogP contribution is -2.29. The number of hydrogen-bond donors (Lipinski definition) is 1. The van der Waals surface area contributed by atoms with Crippen LogP contribution in [0, 0.1) is 11.8 Å². The molecule has 1 N–H and O–H groups in total. The topological polar surface area (TPSA) is 41.5 Å². The largest absolute Gasteiger partial charge is 0.273 e. The Hall–Kier alpha value is -0.860. The molecule has 0 bridgehead atoms. The molecule has 2 saturated carbocycles. The van der Waals surface area contributed by atoms with Crippen LogP contribution in [-0.4, -0.2) is 11.6 Å². The molecule has 2 fully saturated rings. The van der Waals surface area contributed by atoms with Crippen molar-refractivity contribution in [3.63, 3.8) is 0 Å². The SMILES string of the molecule is CCC1CCC(=NNC(=O)C2CCCCC2)CC1. The number of hydrogen-bond acceptors (Lipinski definition) is 2. The first kappa shape index (κ1) is 13.6. The van der Waals surface area contributed by atoms with E-state index in [0.29, 0.717) is 0 Å². The van der Waals surface area contributed by atoms with Gasteiger partial charge < -0.3 is 0 Å². The summed E-state index contributed by atoms with van der Waals surface area (Å²) in [4.78, 5) is 11.9. The number of hydrazone groups is 1. The third-order valence-electron chi connectivity index (χ3n) is 4.56. The fourth-order valence-corrected chi connectivity index (χ4v) is 3.12. The normalized spacial score (nSPS) is 25.8. The molecule has 102 valence electrons. The molecule has 3 heteroatoms. The van der Waals surface area contributed by atoms with Crippen molar-refractivity contribution in [1.29, 1.82) is 0 Å². The number of amides is 1. The molecular weight excluding hydrogens is 224 g/mol. The fraction of sp³-hybridized carbons (Fsp3) is 0.867. The molecule has 0 atom stereocenters. The van der Waals surface area contributed by atoms with Crippen molar-refractivity contribution in [1.82, 2.24) is 5.43 Å². The Morgan fingerprint density at radius 3 is 2.44 bits per heavy atom. The second-order valence-electron chi connectivity index (χ2n) is 5.84. The molecule has 3 nitrogen and oxygen atoms in total. The molecule has 0 aromatic heterocycles. The van der Waals surface area contributed by atoms with Crippen molar-refractivity contribution in [3.8, 4) is 0 Å².